The van der Waals surface area contributed by atoms with Gasteiger partial charge in [-0.05, 0) is 18.9 Å². The van der Waals surface area contributed by atoms with Gasteiger partial charge in [-0.2, -0.15) is 0 Å². The van der Waals surface area contributed by atoms with Crippen LogP contribution in [0.2, 0.25) is 0 Å². The third kappa shape index (κ3) is 1.39. The highest BCUT2D eigenvalue weighted by Gasteiger charge is 2.22. The van der Waals surface area contributed by atoms with Crippen molar-refractivity contribution in [1.29, 1.82) is 0 Å². The van der Waals surface area contributed by atoms with Gasteiger partial charge in [0.05, 0.1) is 0 Å². The molecule has 4 nitrogen and oxygen atoms in total. The first-order chi connectivity index (χ1) is 4.74. The number of rotatable bonds is 1. The number of nitrogens with two attached hydrogens (primary N) is 2. The number of primary amides is 1. The lowest BCUT2D eigenvalue weighted by Gasteiger charge is -2.11. The summed E-state index contributed by atoms with van der Waals surface area (Å²) in [6.07, 6.45) is 0.999. The highest BCUT2D eigenvalue weighted by Crippen LogP contribution is 2.13. The van der Waals surface area contributed by atoms with E-state index in [0.29, 0.717) is 12.5 Å². The van der Waals surface area contributed by atoms with Crippen molar-refractivity contribution in [3.63, 3.8) is 0 Å². The van der Waals surface area contributed by atoms with Crippen molar-refractivity contribution < 1.29 is 4.79 Å². The molecular formula is C6H13N3O. The van der Waals surface area contributed by atoms with Crippen molar-refractivity contribution in [2.45, 2.75) is 6.42 Å². The van der Waals surface area contributed by atoms with Crippen molar-refractivity contribution in [3.8, 4) is 0 Å². The molecule has 0 unspecified atom stereocenters. The van der Waals surface area contributed by atoms with Crippen LogP contribution in [0.5, 0.6) is 0 Å². The molecule has 0 saturated carbocycles. The molecule has 1 rings (SSSR count). The number of amides is 2. The van der Waals surface area contributed by atoms with Gasteiger partial charge >= 0.3 is 6.03 Å². The average Bonchev–Trinajstić information content (AvgIpc) is 2.34. The van der Waals surface area contributed by atoms with Crippen LogP contribution in [0.3, 0.4) is 0 Å². The van der Waals surface area contributed by atoms with Gasteiger partial charge in [0.15, 0.2) is 0 Å². The van der Waals surface area contributed by atoms with Gasteiger partial charge in [0.2, 0.25) is 0 Å². The Labute approximate surface area is 60.2 Å². The molecule has 58 valence electrons. The van der Waals surface area contributed by atoms with E-state index in [1.807, 2.05) is 0 Å². The molecule has 0 aromatic heterocycles. The highest BCUT2D eigenvalue weighted by molar-refractivity contribution is 5.72. The number of urea groups is 1. The third-order valence-electron chi connectivity index (χ3n) is 1.93. The van der Waals surface area contributed by atoms with E-state index in [1.54, 1.807) is 4.90 Å². The number of hydrogen-bond donors (Lipinski definition) is 2. The zero-order valence-corrected chi connectivity index (χ0v) is 5.92. The van der Waals surface area contributed by atoms with Crippen LogP contribution in [0.4, 0.5) is 4.79 Å². The van der Waals surface area contributed by atoms with Crippen LogP contribution < -0.4 is 11.5 Å². The van der Waals surface area contributed by atoms with Gasteiger partial charge in [-0.15, -0.1) is 0 Å². The van der Waals surface area contributed by atoms with Gasteiger partial charge < -0.3 is 16.4 Å². The van der Waals surface area contributed by atoms with Crippen molar-refractivity contribution in [2.75, 3.05) is 19.6 Å². The minimum Gasteiger partial charge on any atom is -0.351 e. The van der Waals surface area contributed by atoms with Crippen LogP contribution in [0.25, 0.3) is 0 Å². The van der Waals surface area contributed by atoms with E-state index >= 15 is 0 Å². The monoisotopic (exact) mass is 143 g/mol. The van der Waals surface area contributed by atoms with E-state index in [-0.39, 0.29) is 6.03 Å². The molecule has 0 spiro atoms. The Balaban J connectivity index is 2.35. The molecule has 4 N–H and O–H groups in total. The summed E-state index contributed by atoms with van der Waals surface area (Å²) in [6.45, 7) is 2.17. The molecule has 1 saturated heterocycles. The largest absolute Gasteiger partial charge is 0.351 e. The number of likely N-dealkylation sites (tertiary alicyclic amines) is 1. The van der Waals surface area contributed by atoms with Gasteiger partial charge in [0.25, 0.3) is 0 Å². The third-order valence-corrected chi connectivity index (χ3v) is 1.93. The van der Waals surface area contributed by atoms with Crippen molar-refractivity contribution in [2.24, 2.45) is 17.4 Å². The summed E-state index contributed by atoms with van der Waals surface area (Å²) < 4.78 is 0. The lowest BCUT2D eigenvalue weighted by molar-refractivity contribution is 0.217. The summed E-state index contributed by atoms with van der Waals surface area (Å²) in [5.41, 5.74) is 10.5. The fourth-order valence-corrected chi connectivity index (χ4v) is 1.23. The first-order valence-corrected chi connectivity index (χ1v) is 3.48. The van der Waals surface area contributed by atoms with E-state index in [2.05, 4.69) is 0 Å². The molecule has 1 fully saturated rings. The Kier molecular flexibility index (Phi) is 2.11. The normalized spacial score (nSPS) is 25.3. The Morgan fingerprint density at radius 3 is 2.70 bits per heavy atom. The SMILES string of the molecule is NC[C@H]1CCN(C(N)=O)C1. The molecule has 0 radical (unpaired) electrons. The molecule has 1 aliphatic rings. The van der Waals surface area contributed by atoms with Crippen LogP contribution >= 0.6 is 0 Å². The Morgan fingerprint density at radius 2 is 2.40 bits per heavy atom. The minimum atomic E-state index is -0.323. The Hall–Kier alpha value is -0.770. The number of nitrogens with zero attached hydrogens (tertiary/aromatic N) is 1. The van der Waals surface area contributed by atoms with Gasteiger partial charge in [0.1, 0.15) is 0 Å². The van der Waals surface area contributed by atoms with E-state index in [0.717, 1.165) is 19.5 Å². The second-order valence-electron chi connectivity index (χ2n) is 2.67. The molecule has 1 heterocycles. The zero-order chi connectivity index (χ0) is 7.56. The van der Waals surface area contributed by atoms with E-state index in [9.17, 15) is 4.79 Å². The molecule has 2 amide bonds. The predicted octanol–water partition coefficient (Wildman–Crippen LogP) is -0.654. The maximum atomic E-state index is 10.6. The maximum absolute atomic E-state index is 10.6. The summed E-state index contributed by atoms with van der Waals surface area (Å²) in [5.74, 6) is 0.465. The van der Waals surface area contributed by atoms with Gasteiger partial charge in [-0.1, -0.05) is 0 Å². The topological polar surface area (TPSA) is 72.3 Å². The molecule has 4 heteroatoms. The predicted molar refractivity (Wildman–Crippen MR) is 38.3 cm³/mol. The van der Waals surface area contributed by atoms with Crippen molar-refractivity contribution in [3.05, 3.63) is 0 Å². The highest BCUT2D eigenvalue weighted by atomic mass is 16.2. The first kappa shape index (κ1) is 7.34. The summed E-state index contributed by atoms with van der Waals surface area (Å²) in [7, 11) is 0. The Morgan fingerprint density at radius 1 is 1.70 bits per heavy atom. The van der Waals surface area contributed by atoms with Gasteiger partial charge in [-0.25, -0.2) is 4.79 Å². The Bertz CT molecular complexity index is 137. The quantitative estimate of drug-likeness (QED) is 0.511. The molecular weight excluding hydrogens is 130 g/mol. The van der Waals surface area contributed by atoms with Crippen LogP contribution in [-0.2, 0) is 0 Å². The summed E-state index contributed by atoms with van der Waals surface area (Å²) >= 11 is 0. The van der Waals surface area contributed by atoms with Crippen LogP contribution in [0, 0.1) is 5.92 Å². The zero-order valence-electron chi connectivity index (χ0n) is 5.92. The van der Waals surface area contributed by atoms with Gasteiger partial charge in [-0.3, -0.25) is 0 Å². The second kappa shape index (κ2) is 2.88. The molecule has 0 aromatic rings. The van der Waals surface area contributed by atoms with Gasteiger partial charge in [0, 0.05) is 13.1 Å². The van der Waals surface area contributed by atoms with E-state index in [1.165, 1.54) is 0 Å². The molecule has 10 heavy (non-hydrogen) atoms. The molecule has 0 bridgehead atoms. The molecule has 0 aliphatic carbocycles. The average molecular weight is 143 g/mol. The van der Waals surface area contributed by atoms with Crippen molar-refractivity contribution >= 4 is 6.03 Å². The summed E-state index contributed by atoms with van der Waals surface area (Å²) in [6, 6.07) is -0.323. The summed E-state index contributed by atoms with van der Waals surface area (Å²) in [4.78, 5) is 12.2. The lowest BCUT2D eigenvalue weighted by Crippen LogP contribution is -2.34. The number of carbonyl (C=O) groups excluding carboxylic acids is 1. The molecule has 1 atom stereocenters. The smallest absolute Gasteiger partial charge is 0.314 e. The van der Waals surface area contributed by atoms with Crippen LogP contribution in [-0.4, -0.2) is 30.6 Å². The fourth-order valence-electron chi connectivity index (χ4n) is 1.23. The summed E-state index contributed by atoms with van der Waals surface area (Å²) in [5, 5.41) is 0. The lowest BCUT2D eigenvalue weighted by atomic mass is 10.1. The van der Waals surface area contributed by atoms with E-state index in [4.69, 9.17) is 11.5 Å². The molecule has 1 aliphatic heterocycles. The number of hydrogen-bond acceptors (Lipinski definition) is 2. The van der Waals surface area contributed by atoms with Crippen LogP contribution in [0.15, 0.2) is 0 Å². The van der Waals surface area contributed by atoms with Crippen molar-refractivity contribution in [1.82, 2.24) is 4.90 Å². The molecule has 0 aromatic carbocycles. The number of carbonyl (C=O) groups is 1. The maximum Gasteiger partial charge on any atom is 0.314 e. The standard InChI is InChI=1S/C6H13N3O/c7-3-5-1-2-9(4-5)6(8)10/h5H,1-4,7H2,(H2,8,10)/t5-/m1/s1. The minimum absolute atomic E-state index is 0.323. The second-order valence-corrected chi connectivity index (χ2v) is 2.67. The van der Waals surface area contributed by atoms with E-state index < -0.39 is 0 Å². The fraction of sp³-hybridized carbons (Fsp3) is 0.833. The first-order valence-electron chi connectivity index (χ1n) is 3.48. The van der Waals surface area contributed by atoms with Crippen LogP contribution in [0.1, 0.15) is 6.42 Å².